The van der Waals surface area contributed by atoms with Gasteiger partial charge >= 0.3 is 5.69 Å². The average Bonchev–Trinajstić information content (AvgIpc) is 2.66. The Kier molecular flexibility index (Phi) is 2.91. The predicted octanol–water partition coefficient (Wildman–Crippen LogP) is 1.47. The lowest BCUT2D eigenvalue weighted by molar-refractivity contribution is 0.123. The quantitative estimate of drug-likeness (QED) is 0.867. The highest BCUT2D eigenvalue weighted by Crippen LogP contribution is 2.29. The SMILES string of the molecule is Cn1c(=O)[nH]c2c(N3CCOCC3)cc(Br)cc21. The monoisotopic (exact) mass is 311 g/mol. The molecule has 0 saturated carbocycles. The number of aromatic nitrogens is 2. The number of fused-ring (bicyclic) bond motifs is 1. The van der Waals surface area contributed by atoms with E-state index >= 15 is 0 Å². The van der Waals surface area contributed by atoms with Gasteiger partial charge in [-0.1, -0.05) is 15.9 Å². The number of imidazole rings is 1. The molecule has 96 valence electrons. The minimum absolute atomic E-state index is 0.0855. The van der Waals surface area contributed by atoms with E-state index in [4.69, 9.17) is 4.74 Å². The molecule has 1 aromatic heterocycles. The van der Waals surface area contributed by atoms with E-state index < -0.39 is 0 Å². The van der Waals surface area contributed by atoms with E-state index in [0.717, 1.165) is 47.5 Å². The molecular weight excluding hydrogens is 298 g/mol. The first-order valence-corrected chi connectivity index (χ1v) is 6.67. The summed E-state index contributed by atoms with van der Waals surface area (Å²) in [5.41, 5.74) is 2.78. The maximum absolute atomic E-state index is 11.7. The first kappa shape index (κ1) is 11.8. The van der Waals surface area contributed by atoms with Crippen LogP contribution in [0.2, 0.25) is 0 Å². The minimum atomic E-state index is -0.0855. The lowest BCUT2D eigenvalue weighted by Gasteiger charge is -2.29. The lowest BCUT2D eigenvalue weighted by Crippen LogP contribution is -2.36. The van der Waals surface area contributed by atoms with Crippen LogP contribution in [0, 0.1) is 0 Å². The number of hydrogen-bond acceptors (Lipinski definition) is 3. The molecule has 0 aliphatic carbocycles. The van der Waals surface area contributed by atoms with Crippen LogP contribution in [0.1, 0.15) is 0 Å². The van der Waals surface area contributed by atoms with Crippen molar-refractivity contribution in [3.63, 3.8) is 0 Å². The van der Waals surface area contributed by atoms with E-state index in [-0.39, 0.29) is 5.69 Å². The second-order valence-electron chi connectivity index (χ2n) is 4.41. The molecule has 1 aliphatic heterocycles. The summed E-state index contributed by atoms with van der Waals surface area (Å²) in [4.78, 5) is 16.9. The summed E-state index contributed by atoms with van der Waals surface area (Å²) >= 11 is 3.51. The van der Waals surface area contributed by atoms with E-state index in [0.29, 0.717) is 0 Å². The van der Waals surface area contributed by atoms with Crippen molar-refractivity contribution < 1.29 is 4.74 Å². The van der Waals surface area contributed by atoms with Crippen molar-refractivity contribution in [2.45, 2.75) is 0 Å². The number of nitrogens with zero attached hydrogens (tertiary/aromatic N) is 2. The highest BCUT2D eigenvalue weighted by Gasteiger charge is 2.17. The van der Waals surface area contributed by atoms with E-state index in [2.05, 4.69) is 25.8 Å². The maximum atomic E-state index is 11.7. The topological polar surface area (TPSA) is 50.3 Å². The highest BCUT2D eigenvalue weighted by molar-refractivity contribution is 9.10. The fourth-order valence-electron chi connectivity index (χ4n) is 2.32. The number of benzene rings is 1. The Labute approximate surface area is 112 Å². The van der Waals surface area contributed by atoms with Gasteiger partial charge in [0, 0.05) is 24.6 Å². The third-order valence-electron chi connectivity index (χ3n) is 3.31. The fraction of sp³-hybridized carbons (Fsp3) is 0.417. The van der Waals surface area contributed by atoms with Crippen molar-refractivity contribution in [2.75, 3.05) is 31.2 Å². The van der Waals surface area contributed by atoms with E-state index in [1.807, 2.05) is 12.1 Å². The lowest BCUT2D eigenvalue weighted by atomic mass is 10.2. The smallest absolute Gasteiger partial charge is 0.326 e. The molecule has 1 saturated heterocycles. The summed E-state index contributed by atoms with van der Waals surface area (Å²) < 4.78 is 7.97. The molecule has 2 aromatic rings. The van der Waals surface area contributed by atoms with Crippen LogP contribution >= 0.6 is 15.9 Å². The molecule has 0 unspecified atom stereocenters. The summed E-state index contributed by atoms with van der Waals surface area (Å²) in [5, 5.41) is 0. The summed E-state index contributed by atoms with van der Waals surface area (Å²) in [7, 11) is 1.77. The van der Waals surface area contributed by atoms with Gasteiger partial charge in [-0.2, -0.15) is 0 Å². The number of H-pyrrole nitrogens is 1. The second-order valence-corrected chi connectivity index (χ2v) is 5.32. The predicted molar refractivity (Wildman–Crippen MR) is 74.3 cm³/mol. The van der Waals surface area contributed by atoms with Gasteiger partial charge in [0.25, 0.3) is 0 Å². The third kappa shape index (κ3) is 1.85. The van der Waals surface area contributed by atoms with Crippen LogP contribution in [-0.2, 0) is 11.8 Å². The Morgan fingerprint density at radius 1 is 1.33 bits per heavy atom. The Morgan fingerprint density at radius 2 is 2.06 bits per heavy atom. The molecular formula is C12H14BrN3O2. The zero-order valence-electron chi connectivity index (χ0n) is 10.1. The van der Waals surface area contributed by atoms with Gasteiger partial charge in [0.05, 0.1) is 29.9 Å². The molecule has 2 heterocycles. The standard InChI is InChI=1S/C12H14BrN3O2/c1-15-9-6-8(13)7-10(11(9)14-12(15)17)16-2-4-18-5-3-16/h6-7H,2-5H2,1H3,(H,14,17). The van der Waals surface area contributed by atoms with E-state index in [1.54, 1.807) is 11.6 Å². The van der Waals surface area contributed by atoms with Crippen molar-refractivity contribution in [2.24, 2.45) is 7.05 Å². The van der Waals surface area contributed by atoms with Crippen molar-refractivity contribution >= 4 is 32.7 Å². The molecule has 0 radical (unpaired) electrons. The number of ether oxygens (including phenoxy) is 1. The molecule has 1 fully saturated rings. The van der Waals surface area contributed by atoms with Gasteiger partial charge in [-0.15, -0.1) is 0 Å². The first-order valence-electron chi connectivity index (χ1n) is 5.88. The number of nitrogens with one attached hydrogen (secondary N) is 1. The zero-order valence-corrected chi connectivity index (χ0v) is 11.7. The van der Waals surface area contributed by atoms with Crippen LogP contribution in [0.5, 0.6) is 0 Å². The van der Waals surface area contributed by atoms with Crippen molar-refractivity contribution in [1.29, 1.82) is 0 Å². The van der Waals surface area contributed by atoms with Crippen LogP contribution < -0.4 is 10.6 Å². The molecule has 1 N–H and O–H groups in total. The van der Waals surface area contributed by atoms with Crippen LogP contribution in [0.15, 0.2) is 21.4 Å². The number of hydrogen-bond donors (Lipinski definition) is 1. The number of halogens is 1. The molecule has 5 nitrogen and oxygen atoms in total. The van der Waals surface area contributed by atoms with Gasteiger partial charge in [-0.25, -0.2) is 4.79 Å². The number of aromatic amines is 1. The Balaban J connectivity index is 2.21. The number of aryl methyl sites for hydroxylation is 1. The fourth-order valence-corrected chi connectivity index (χ4v) is 2.76. The maximum Gasteiger partial charge on any atom is 0.326 e. The number of rotatable bonds is 1. The van der Waals surface area contributed by atoms with Crippen molar-refractivity contribution in [3.05, 3.63) is 27.1 Å². The first-order chi connectivity index (χ1) is 8.66. The third-order valence-corrected chi connectivity index (χ3v) is 3.77. The largest absolute Gasteiger partial charge is 0.378 e. The van der Waals surface area contributed by atoms with Crippen molar-refractivity contribution in [3.8, 4) is 0 Å². The van der Waals surface area contributed by atoms with Gasteiger partial charge in [-0.3, -0.25) is 4.57 Å². The summed E-state index contributed by atoms with van der Waals surface area (Å²) in [6, 6.07) is 4.00. The van der Waals surface area contributed by atoms with Crippen LogP contribution in [0.25, 0.3) is 11.0 Å². The van der Waals surface area contributed by atoms with Gasteiger partial charge in [0.1, 0.15) is 0 Å². The molecule has 18 heavy (non-hydrogen) atoms. The minimum Gasteiger partial charge on any atom is -0.378 e. The highest BCUT2D eigenvalue weighted by atomic mass is 79.9. The molecule has 0 amide bonds. The van der Waals surface area contributed by atoms with Crippen molar-refractivity contribution in [1.82, 2.24) is 9.55 Å². The van der Waals surface area contributed by atoms with E-state index in [1.165, 1.54) is 0 Å². The molecule has 3 rings (SSSR count). The van der Waals surface area contributed by atoms with Gasteiger partial charge in [0.15, 0.2) is 0 Å². The van der Waals surface area contributed by atoms with Gasteiger partial charge in [0.2, 0.25) is 0 Å². The molecule has 0 bridgehead atoms. The zero-order chi connectivity index (χ0) is 12.7. The Hall–Kier alpha value is -1.27. The van der Waals surface area contributed by atoms with E-state index in [9.17, 15) is 4.79 Å². The normalized spacial score (nSPS) is 16.4. The molecule has 0 spiro atoms. The molecule has 1 aliphatic rings. The van der Waals surface area contributed by atoms with Crippen LogP contribution in [0.4, 0.5) is 5.69 Å². The molecule has 6 heteroatoms. The molecule has 0 atom stereocenters. The summed E-state index contributed by atoms with van der Waals surface area (Å²) in [6.07, 6.45) is 0. The Morgan fingerprint density at radius 3 is 2.78 bits per heavy atom. The Bertz CT molecular complexity index is 641. The van der Waals surface area contributed by atoms with Gasteiger partial charge < -0.3 is 14.6 Å². The van der Waals surface area contributed by atoms with Gasteiger partial charge in [-0.05, 0) is 12.1 Å². The van der Waals surface area contributed by atoms with Crippen LogP contribution in [0.3, 0.4) is 0 Å². The number of morpholine rings is 1. The summed E-state index contributed by atoms with van der Waals surface area (Å²) in [5.74, 6) is 0. The summed E-state index contributed by atoms with van der Waals surface area (Å²) in [6.45, 7) is 3.15. The average molecular weight is 312 g/mol. The second kappa shape index (κ2) is 4.44. The number of anilines is 1. The van der Waals surface area contributed by atoms with Crippen LogP contribution in [-0.4, -0.2) is 35.9 Å². The molecule has 1 aromatic carbocycles.